The third-order valence-corrected chi connectivity index (χ3v) is 5.16. The van der Waals surface area contributed by atoms with E-state index in [9.17, 15) is 4.79 Å². The molecule has 0 spiro atoms. The molecule has 0 radical (unpaired) electrons. The Morgan fingerprint density at radius 3 is 2.65 bits per heavy atom. The summed E-state index contributed by atoms with van der Waals surface area (Å²) >= 11 is 5.86. The SMILES string of the molecule is O=C(C1CC2CC2C1)N1CCCCC1CCCl. The van der Waals surface area contributed by atoms with Crippen molar-refractivity contribution in [2.75, 3.05) is 12.4 Å². The van der Waals surface area contributed by atoms with Gasteiger partial charge in [0, 0.05) is 24.4 Å². The molecule has 2 aliphatic carbocycles. The van der Waals surface area contributed by atoms with Crippen molar-refractivity contribution in [2.24, 2.45) is 17.8 Å². The zero-order valence-electron chi connectivity index (χ0n) is 10.4. The smallest absolute Gasteiger partial charge is 0.225 e. The number of carbonyl (C=O) groups is 1. The average molecular weight is 256 g/mol. The molecule has 1 aliphatic heterocycles. The lowest BCUT2D eigenvalue weighted by Gasteiger charge is -2.37. The number of hydrogen-bond donors (Lipinski definition) is 0. The Labute approximate surface area is 109 Å². The van der Waals surface area contributed by atoms with Gasteiger partial charge in [-0.25, -0.2) is 0 Å². The number of likely N-dealkylation sites (tertiary alicyclic amines) is 1. The van der Waals surface area contributed by atoms with Crippen LogP contribution in [0.5, 0.6) is 0 Å². The van der Waals surface area contributed by atoms with Gasteiger partial charge < -0.3 is 4.90 Å². The predicted octanol–water partition coefficient (Wildman–Crippen LogP) is 3.04. The van der Waals surface area contributed by atoms with Gasteiger partial charge in [-0.3, -0.25) is 4.79 Å². The molecule has 3 fully saturated rings. The number of rotatable bonds is 3. The minimum absolute atomic E-state index is 0.356. The third-order valence-electron chi connectivity index (χ3n) is 4.95. The summed E-state index contributed by atoms with van der Waals surface area (Å²) < 4.78 is 0. The highest BCUT2D eigenvalue weighted by molar-refractivity contribution is 6.17. The van der Waals surface area contributed by atoms with Crippen LogP contribution in [0.3, 0.4) is 0 Å². The Kier molecular flexibility index (Phi) is 3.34. The summed E-state index contributed by atoms with van der Waals surface area (Å²) in [6, 6.07) is 0.436. The van der Waals surface area contributed by atoms with Gasteiger partial charge in [0.2, 0.25) is 5.91 Å². The van der Waals surface area contributed by atoms with E-state index in [0.717, 1.165) is 31.2 Å². The van der Waals surface area contributed by atoms with Crippen LogP contribution in [0.1, 0.15) is 44.9 Å². The quantitative estimate of drug-likeness (QED) is 0.710. The van der Waals surface area contributed by atoms with Gasteiger partial charge in [-0.05, 0) is 56.8 Å². The van der Waals surface area contributed by atoms with Gasteiger partial charge in [-0.2, -0.15) is 0 Å². The van der Waals surface area contributed by atoms with Crippen LogP contribution in [0.4, 0.5) is 0 Å². The average Bonchev–Trinajstić information content (AvgIpc) is 2.96. The molecule has 3 aliphatic rings. The van der Waals surface area contributed by atoms with E-state index in [1.165, 1.54) is 32.1 Å². The van der Waals surface area contributed by atoms with Gasteiger partial charge in [0.05, 0.1) is 0 Å². The fraction of sp³-hybridized carbons (Fsp3) is 0.929. The monoisotopic (exact) mass is 255 g/mol. The van der Waals surface area contributed by atoms with Crippen molar-refractivity contribution in [1.82, 2.24) is 4.90 Å². The summed E-state index contributed by atoms with van der Waals surface area (Å²) in [6.07, 6.45) is 8.34. The summed E-state index contributed by atoms with van der Waals surface area (Å²) in [6.45, 7) is 0.978. The molecule has 3 heteroatoms. The van der Waals surface area contributed by atoms with Crippen LogP contribution in [-0.2, 0) is 4.79 Å². The number of nitrogens with zero attached hydrogens (tertiary/aromatic N) is 1. The van der Waals surface area contributed by atoms with Crippen LogP contribution in [0.25, 0.3) is 0 Å². The molecule has 0 aromatic carbocycles. The van der Waals surface area contributed by atoms with E-state index in [4.69, 9.17) is 11.6 Å². The van der Waals surface area contributed by atoms with Gasteiger partial charge in [0.15, 0.2) is 0 Å². The number of halogens is 1. The highest BCUT2D eigenvalue weighted by atomic mass is 35.5. The van der Waals surface area contributed by atoms with Crippen molar-refractivity contribution in [3.05, 3.63) is 0 Å². The summed E-state index contributed by atoms with van der Waals surface area (Å²) in [5.41, 5.74) is 0. The lowest BCUT2D eigenvalue weighted by atomic mass is 9.95. The maximum atomic E-state index is 12.5. The zero-order valence-corrected chi connectivity index (χ0v) is 11.2. The Morgan fingerprint density at radius 2 is 1.94 bits per heavy atom. The van der Waals surface area contributed by atoms with E-state index in [1.54, 1.807) is 0 Å². The largest absolute Gasteiger partial charge is 0.339 e. The first-order valence-corrected chi connectivity index (χ1v) is 7.69. The molecule has 1 heterocycles. The first-order chi connectivity index (χ1) is 8.29. The van der Waals surface area contributed by atoms with Crippen molar-refractivity contribution >= 4 is 17.5 Å². The Bertz CT molecular complexity index is 295. The van der Waals surface area contributed by atoms with Crippen molar-refractivity contribution in [2.45, 2.75) is 51.0 Å². The molecule has 0 aromatic rings. The van der Waals surface area contributed by atoms with Crippen molar-refractivity contribution < 1.29 is 4.79 Å². The fourth-order valence-electron chi connectivity index (χ4n) is 3.87. The second-order valence-electron chi connectivity index (χ2n) is 6.08. The normalized spacial score (nSPS) is 40.2. The molecular formula is C14H22ClNO. The molecule has 2 saturated carbocycles. The number of fused-ring (bicyclic) bond motifs is 1. The van der Waals surface area contributed by atoms with E-state index < -0.39 is 0 Å². The molecule has 96 valence electrons. The number of carbonyl (C=O) groups excluding carboxylic acids is 1. The van der Waals surface area contributed by atoms with Crippen LogP contribution in [0, 0.1) is 17.8 Å². The highest BCUT2D eigenvalue weighted by Crippen LogP contribution is 2.54. The van der Waals surface area contributed by atoms with Gasteiger partial charge in [-0.1, -0.05) is 0 Å². The number of piperidine rings is 1. The summed E-state index contributed by atoms with van der Waals surface area (Å²) in [7, 11) is 0. The first-order valence-electron chi connectivity index (χ1n) is 7.16. The number of amides is 1. The first kappa shape index (κ1) is 11.8. The predicted molar refractivity (Wildman–Crippen MR) is 69.0 cm³/mol. The molecule has 2 nitrogen and oxygen atoms in total. The molecule has 17 heavy (non-hydrogen) atoms. The number of alkyl halides is 1. The molecular weight excluding hydrogens is 234 g/mol. The highest BCUT2D eigenvalue weighted by Gasteiger charge is 2.49. The van der Waals surface area contributed by atoms with Crippen molar-refractivity contribution in [3.63, 3.8) is 0 Å². The van der Waals surface area contributed by atoms with Crippen LogP contribution in [0.15, 0.2) is 0 Å². The van der Waals surface area contributed by atoms with Crippen LogP contribution in [-0.4, -0.2) is 29.3 Å². The molecule has 3 rings (SSSR count). The second kappa shape index (κ2) is 4.79. The van der Waals surface area contributed by atoms with Gasteiger partial charge in [0.25, 0.3) is 0 Å². The maximum Gasteiger partial charge on any atom is 0.225 e. The minimum atomic E-state index is 0.356. The molecule has 1 saturated heterocycles. The summed E-state index contributed by atoms with van der Waals surface area (Å²) in [5, 5.41) is 0. The maximum absolute atomic E-state index is 12.5. The Balaban J connectivity index is 1.61. The molecule has 0 aromatic heterocycles. The summed E-state index contributed by atoms with van der Waals surface area (Å²) in [5.74, 6) is 3.30. The lowest BCUT2D eigenvalue weighted by molar-refractivity contribution is -0.139. The minimum Gasteiger partial charge on any atom is -0.339 e. The van der Waals surface area contributed by atoms with E-state index >= 15 is 0 Å². The van der Waals surface area contributed by atoms with E-state index in [0.29, 0.717) is 23.7 Å². The van der Waals surface area contributed by atoms with Crippen LogP contribution < -0.4 is 0 Å². The Hall–Kier alpha value is -0.240. The molecule has 0 bridgehead atoms. The van der Waals surface area contributed by atoms with Gasteiger partial charge >= 0.3 is 0 Å². The van der Waals surface area contributed by atoms with Crippen molar-refractivity contribution in [1.29, 1.82) is 0 Å². The van der Waals surface area contributed by atoms with Gasteiger partial charge in [-0.15, -0.1) is 11.6 Å². The molecule has 1 amide bonds. The van der Waals surface area contributed by atoms with Crippen LogP contribution >= 0.6 is 11.6 Å². The Morgan fingerprint density at radius 1 is 1.18 bits per heavy atom. The zero-order chi connectivity index (χ0) is 11.8. The van der Waals surface area contributed by atoms with E-state index in [-0.39, 0.29) is 0 Å². The second-order valence-corrected chi connectivity index (χ2v) is 6.46. The molecule has 3 atom stereocenters. The summed E-state index contributed by atoms with van der Waals surface area (Å²) in [4.78, 5) is 14.7. The molecule has 3 unspecified atom stereocenters. The number of hydrogen-bond acceptors (Lipinski definition) is 1. The van der Waals surface area contributed by atoms with Crippen molar-refractivity contribution in [3.8, 4) is 0 Å². The molecule has 0 N–H and O–H groups in total. The standard InChI is InChI=1S/C14H22ClNO/c15-5-4-13-3-1-2-6-16(13)14(17)12-8-10-7-11(10)9-12/h10-13H,1-9H2. The van der Waals surface area contributed by atoms with Gasteiger partial charge in [0.1, 0.15) is 0 Å². The topological polar surface area (TPSA) is 20.3 Å². The van der Waals surface area contributed by atoms with E-state index in [1.807, 2.05) is 0 Å². The van der Waals surface area contributed by atoms with E-state index in [2.05, 4.69) is 4.90 Å². The lowest BCUT2D eigenvalue weighted by Crippen LogP contribution is -2.46. The third kappa shape index (κ3) is 2.33. The fourth-order valence-corrected chi connectivity index (χ4v) is 4.12. The van der Waals surface area contributed by atoms with Crippen LogP contribution in [0.2, 0.25) is 0 Å².